The van der Waals surface area contributed by atoms with Gasteiger partial charge in [-0.25, -0.2) is 0 Å². The van der Waals surface area contributed by atoms with Gasteiger partial charge in [-0.05, 0) is 12.1 Å². The van der Waals surface area contributed by atoms with Crippen molar-refractivity contribution in [2.75, 3.05) is 5.73 Å². The van der Waals surface area contributed by atoms with Gasteiger partial charge in [0.1, 0.15) is 0 Å². The number of nitrogens with two attached hydrogens (primary N) is 1. The molecule has 0 bridgehead atoms. The molecule has 0 aromatic carbocycles. The fraction of sp³-hybridized carbons (Fsp3) is 0.500. The molecular formula is C10H16N2O. The number of anilines is 1. The Morgan fingerprint density at radius 1 is 1.31 bits per heavy atom. The summed E-state index contributed by atoms with van der Waals surface area (Å²) in [5.41, 5.74) is 6.65. The van der Waals surface area contributed by atoms with E-state index in [0.717, 1.165) is 5.69 Å². The van der Waals surface area contributed by atoms with Crippen LogP contribution in [0.15, 0.2) is 16.9 Å². The van der Waals surface area contributed by atoms with Crippen LogP contribution < -0.4 is 11.3 Å². The summed E-state index contributed by atoms with van der Waals surface area (Å²) in [5, 5.41) is 0. The summed E-state index contributed by atoms with van der Waals surface area (Å²) in [7, 11) is 1.75. The molecule has 0 atom stereocenters. The zero-order valence-corrected chi connectivity index (χ0v) is 8.59. The predicted molar refractivity (Wildman–Crippen MR) is 54.8 cm³/mol. The predicted octanol–water partition coefficient (Wildman–Crippen LogP) is 1.26. The quantitative estimate of drug-likeness (QED) is 0.653. The monoisotopic (exact) mass is 180 g/mol. The first-order valence-corrected chi connectivity index (χ1v) is 4.30. The van der Waals surface area contributed by atoms with Gasteiger partial charge in [0.15, 0.2) is 0 Å². The summed E-state index contributed by atoms with van der Waals surface area (Å²) in [6.07, 6.45) is 0. The van der Waals surface area contributed by atoms with Crippen molar-refractivity contribution >= 4 is 5.69 Å². The normalized spacial score (nSPS) is 11.7. The van der Waals surface area contributed by atoms with Crippen molar-refractivity contribution in [1.82, 2.24) is 4.57 Å². The van der Waals surface area contributed by atoms with E-state index in [1.807, 2.05) is 6.07 Å². The lowest BCUT2D eigenvalue weighted by atomic mass is 9.91. The van der Waals surface area contributed by atoms with E-state index in [-0.39, 0.29) is 11.0 Å². The zero-order chi connectivity index (χ0) is 10.2. The van der Waals surface area contributed by atoms with Gasteiger partial charge in [-0.2, -0.15) is 0 Å². The minimum Gasteiger partial charge on any atom is -0.394 e. The van der Waals surface area contributed by atoms with Crippen LogP contribution in [0.25, 0.3) is 0 Å². The molecule has 1 aromatic heterocycles. The molecule has 1 aromatic rings. The number of pyridine rings is 1. The van der Waals surface area contributed by atoms with Gasteiger partial charge < -0.3 is 10.3 Å². The lowest BCUT2D eigenvalue weighted by Gasteiger charge is -2.22. The van der Waals surface area contributed by atoms with E-state index >= 15 is 0 Å². The van der Waals surface area contributed by atoms with Gasteiger partial charge in [0.2, 0.25) is 0 Å². The SMILES string of the molecule is Cn1c(C(C)(C)C)ccc(N)c1=O. The van der Waals surface area contributed by atoms with E-state index in [1.54, 1.807) is 17.7 Å². The topological polar surface area (TPSA) is 48.0 Å². The van der Waals surface area contributed by atoms with Gasteiger partial charge in [0, 0.05) is 18.2 Å². The zero-order valence-electron chi connectivity index (χ0n) is 8.59. The van der Waals surface area contributed by atoms with E-state index in [4.69, 9.17) is 5.73 Å². The molecule has 3 heteroatoms. The van der Waals surface area contributed by atoms with Crippen molar-refractivity contribution in [1.29, 1.82) is 0 Å². The summed E-state index contributed by atoms with van der Waals surface area (Å²) in [6, 6.07) is 3.57. The maximum atomic E-state index is 11.5. The molecule has 0 spiro atoms. The van der Waals surface area contributed by atoms with E-state index < -0.39 is 0 Å². The maximum absolute atomic E-state index is 11.5. The van der Waals surface area contributed by atoms with Crippen LogP contribution >= 0.6 is 0 Å². The molecule has 0 radical (unpaired) electrons. The second kappa shape index (κ2) is 2.91. The molecule has 3 nitrogen and oxygen atoms in total. The Labute approximate surface area is 78.2 Å². The van der Waals surface area contributed by atoms with Gasteiger partial charge in [0.25, 0.3) is 5.56 Å². The average Bonchev–Trinajstić information content (AvgIpc) is 1.98. The molecule has 0 aliphatic carbocycles. The number of aromatic nitrogens is 1. The highest BCUT2D eigenvalue weighted by molar-refractivity contribution is 5.36. The van der Waals surface area contributed by atoms with Gasteiger partial charge in [-0.15, -0.1) is 0 Å². The lowest BCUT2D eigenvalue weighted by molar-refractivity contribution is 0.532. The lowest BCUT2D eigenvalue weighted by Crippen LogP contribution is -2.28. The first kappa shape index (κ1) is 9.84. The third-order valence-electron chi connectivity index (χ3n) is 2.10. The first-order valence-electron chi connectivity index (χ1n) is 4.30. The number of nitrogen functional groups attached to an aromatic ring is 1. The van der Waals surface area contributed by atoms with Crippen molar-refractivity contribution < 1.29 is 0 Å². The van der Waals surface area contributed by atoms with E-state index in [9.17, 15) is 4.79 Å². The Morgan fingerprint density at radius 3 is 2.31 bits per heavy atom. The van der Waals surface area contributed by atoms with Crippen LogP contribution in [-0.4, -0.2) is 4.57 Å². The highest BCUT2D eigenvalue weighted by atomic mass is 16.1. The van der Waals surface area contributed by atoms with Crippen LogP contribution in [0.1, 0.15) is 26.5 Å². The molecule has 0 fully saturated rings. The molecule has 2 N–H and O–H groups in total. The van der Waals surface area contributed by atoms with Crippen molar-refractivity contribution in [2.45, 2.75) is 26.2 Å². The highest BCUT2D eigenvalue weighted by Gasteiger charge is 2.17. The minimum absolute atomic E-state index is 0.0262. The Balaban J connectivity index is 3.44. The molecule has 1 heterocycles. The Bertz CT molecular complexity index is 371. The van der Waals surface area contributed by atoms with Gasteiger partial charge in [-0.3, -0.25) is 4.79 Å². The first-order chi connectivity index (χ1) is 5.84. The van der Waals surface area contributed by atoms with Crippen LogP contribution in [-0.2, 0) is 12.5 Å². The standard InChI is InChI=1S/C10H16N2O/c1-10(2,3)8-6-5-7(11)9(13)12(8)4/h5-6H,11H2,1-4H3. The van der Waals surface area contributed by atoms with Crippen molar-refractivity contribution in [3.8, 4) is 0 Å². The summed E-state index contributed by atoms with van der Waals surface area (Å²) in [5.74, 6) is 0. The molecule has 13 heavy (non-hydrogen) atoms. The molecule has 0 aliphatic rings. The summed E-state index contributed by atoms with van der Waals surface area (Å²) < 4.78 is 1.61. The highest BCUT2D eigenvalue weighted by Crippen LogP contribution is 2.20. The molecule has 0 aliphatic heterocycles. The van der Waals surface area contributed by atoms with Crippen LogP contribution in [0.2, 0.25) is 0 Å². The van der Waals surface area contributed by atoms with Gasteiger partial charge >= 0.3 is 0 Å². The maximum Gasteiger partial charge on any atom is 0.273 e. The Hall–Kier alpha value is -1.25. The van der Waals surface area contributed by atoms with Crippen molar-refractivity contribution in [3.05, 3.63) is 28.2 Å². The van der Waals surface area contributed by atoms with Gasteiger partial charge in [-0.1, -0.05) is 20.8 Å². The number of rotatable bonds is 0. The molecule has 0 saturated carbocycles. The van der Waals surface area contributed by atoms with Crippen LogP contribution in [0.4, 0.5) is 5.69 Å². The third-order valence-corrected chi connectivity index (χ3v) is 2.10. The summed E-state index contributed by atoms with van der Waals surface area (Å²) in [6.45, 7) is 6.20. The van der Waals surface area contributed by atoms with Crippen LogP contribution in [0, 0.1) is 0 Å². The number of hydrogen-bond donors (Lipinski definition) is 1. The van der Waals surface area contributed by atoms with E-state index in [2.05, 4.69) is 20.8 Å². The third kappa shape index (κ3) is 1.74. The molecular weight excluding hydrogens is 164 g/mol. The Kier molecular flexibility index (Phi) is 2.20. The molecule has 1 rings (SSSR count). The van der Waals surface area contributed by atoms with E-state index in [0.29, 0.717) is 5.69 Å². The second-order valence-electron chi connectivity index (χ2n) is 4.29. The molecule has 72 valence electrons. The number of hydrogen-bond acceptors (Lipinski definition) is 2. The molecule has 0 amide bonds. The number of nitrogens with zero attached hydrogens (tertiary/aromatic N) is 1. The summed E-state index contributed by atoms with van der Waals surface area (Å²) >= 11 is 0. The van der Waals surface area contributed by atoms with Crippen molar-refractivity contribution in [2.24, 2.45) is 7.05 Å². The largest absolute Gasteiger partial charge is 0.394 e. The fourth-order valence-corrected chi connectivity index (χ4v) is 1.41. The molecule has 0 unspecified atom stereocenters. The second-order valence-corrected chi connectivity index (χ2v) is 4.29. The van der Waals surface area contributed by atoms with Crippen LogP contribution in [0.3, 0.4) is 0 Å². The van der Waals surface area contributed by atoms with Gasteiger partial charge in [0.05, 0.1) is 5.69 Å². The van der Waals surface area contributed by atoms with Crippen molar-refractivity contribution in [3.63, 3.8) is 0 Å². The summed E-state index contributed by atoms with van der Waals surface area (Å²) in [4.78, 5) is 11.5. The smallest absolute Gasteiger partial charge is 0.273 e. The fourth-order valence-electron chi connectivity index (χ4n) is 1.41. The minimum atomic E-state index is -0.118. The Morgan fingerprint density at radius 2 is 1.85 bits per heavy atom. The van der Waals surface area contributed by atoms with E-state index in [1.165, 1.54) is 0 Å². The molecule has 0 saturated heterocycles. The van der Waals surface area contributed by atoms with Crippen LogP contribution in [0.5, 0.6) is 0 Å². The average molecular weight is 180 g/mol.